The average Bonchev–Trinajstić information content (AvgIpc) is 3.47. The summed E-state index contributed by atoms with van der Waals surface area (Å²) in [5, 5.41) is -0.443. The van der Waals surface area contributed by atoms with Crippen molar-refractivity contribution < 1.29 is 9.18 Å². The molecule has 0 atom stereocenters. The van der Waals surface area contributed by atoms with Gasteiger partial charge in [-0.3, -0.25) is 4.79 Å². The summed E-state index contributed by atoms with van der Waals surface area (Å²) in [5.41, 5.74) is 3.26. The zero-order valence-electron chi connectivity index (χ0n) is 17.4. The molecule has 0 amide bonds. The van der Waals surface area contributed by atoms with Crippen molar-refractivity contribution >= 4 is 33.6 Å². The van der Waals surface area contributed by atoms with Crippen LogP contribution in [0.15, 0.2) is 108 Å². The van der Waals surface area contributed by atoms with E-state index in [1.165, 1.54) is 0 Å². The van der Waals surface area contributed by atoms with Gasteiger partial charge in [0.05, 0.1) is 26.9 Å². The quantitative estimate of drug-likeness (QED) is 0.177. The third-order valence-corrected chi connectivity index (χ3v) is 7.79. The molecule has 0 saturated carbocycles. The first-order valence-electron chi connectivity index (χ1n) is 10.3. The Balaban J connectivity index is 1.82. The molecule has 3 aromatic carbocycles. The molecule has 0 fully saturated rings. The van der Waals surface area contributed by atoms with Gasteiger partial charge in [-0.1, -0.05) is 91.0 Å². The minimum Gasteiger partial charge on any atom is -0.318 e. The van der Waals surface area contributed by atoms with E-state index in [4.69, 9.17) is 0 Å². The highest BCUT2D eigenvalue weighted by atomic mass is 79.9. The maximum atomic E-state index is 14.3. The van der Waals surface area contributed by atoms with E-state index < -0.39 is 10.7 Å². The molecule has 2 heterocycles. The number of hydrogen-bond donors (Lipinski definition) is 0. The second-order valence-corrected chi connectivity index (χ2v) is 9.29. The minimum absolute atomic E-state index is 0.174. The highest BCUT2D eigenvalue weighted by molar-refractivity contribution is 9.10. The van der Waals surface area contributed by atoms with Crippen LogP contribution >= 0.6 is 27.3 Å². The number of nitrogens with zero attached hydrogens (tertiary/aromatic N) is 2. The first kappa shape index (κ1) is 21.5. The van der Waals surface area contributed by atoms with Crippen LogP contribution in [0.3, 0.4) is 0 Å². The van der Waals surface area contributed by atoms with Gasteiger partial charge in [0.25, 0.3) is 0 Å². The molecule has 0 N–H and O–H groups in total. The molecule has 0 bridgehead atoms. The van der Waals surface area contributed by atoms with Crippen LogP contribution in [0, 0.1) is 5.13 Å². The first-order valence-corrected chi connectivity index (χ1v) is 11.9. The van der Waals surface area contributed by atoms with E-state index in [-0.39, 0.29) is 10.0 Å². The number of carbonyl (C=O) groups excluding carboxylic acids is 1. The van der Waals surface area contributed by atoms with E-state index in [2.05, 4.69) is 57.3 Å². The van der Waals surface area contributed by atoms with E-state index in [0.29, 0.717) is 16.9 Å². The van der Waals surface area contributed by atoms with Crippen LogP contribution in [0.4, 0.5) is 4.39 Å². The maximum Gasteiger partial charge on any atom is 0.192 e. The Bertz CT molecular complexity index is 1300. The summed E-state index contributed by atoms with van der Waals surface area (Å²) < 4.78 is 16.5. The average molecular weight is 517 g/mol. The molecule has 0 radical (unpaired) electrons. The molecule has 5 rings (SSSR count). The van der Waals surface area contributed by atoms with Crippen LogP contribution in [-0.2, 0) is 5.54 Å². The summed E-state index contributed by atoms with van der Waals surface area (Å²) in [5.74, 6) is 0. The van der Waals surface area contributed by atoms with Gasteiger partial charge in [-0.25, -0.2) is 4.98 Å². The van der Waals surface area contributed by atoms with Crippen LogP contribution in [0.1, 0.15) is 27.0 Å². The van der Waals surface area contributed by atoms with Crippen LogP contribution in [0.2, 0.25) is 0 Å². The molecule has 0 aliphatic heterocycles. The molecule has 3 nitrogen and oxygen atoms in total. The van der Waals surface area contributed by atoms with Gasteiger partial charge < -0.3 is 4.57 Å². The molecule has 0 spiro atoms. The Morgan fingerprint density at radius 1 is 0.848 bits per heavy atom. The van der Waals surface area contributed by atoms with Gasteiger partial charge in [-0.2, -0.15) is 4.39 Å². The van der Waals surface area contributed by atoms with Gasteiger partial charge in [0.2, 0.25) is 0 Å². The van der Waals surface area contributed by atoms with Gasteiger partial charge in [0.1, 0.15) is 5.54 Å². The molecule has 0 aliphatic carbocycles. The normalized spacial score (nSPS) is 11.5. The maximum absolute atomic E-state index is 14.3. The lowest BCUT2D eigenvalue weighted by molar-refractivity contribution is 0.112. The number of benzene rings is 3. The third kappa shape index (κ3) is 3.56. The highest BCUT2D eigenvalue weighted by Gasteiger charge is 2.38. The molecule has 33 heavy (non-hydrogen) atoms. The molecule has 5 aromatic rings. The number of aldehydes is 1. The predicted octanol–water partition coefficient (Wildman–Crippen LogP) is 7.17. The molecular formula is C27H18BrFN2OS. The smallest absolute Gasteiger partial charge is 0.192 e. The molecule has 0 saturated heterocycles. The van der Waals surface area contributed by atoms with Gasteiger partial charge in [-0.15, -0.1) is 11.3 Å². The van der Waals surface area contributed by atoms with Crippen molar-refractivity contribution in [1.82, 2.24) is 9.55 Å². The van der Waals surface area contributed by atoms with E-state index in [1.54, 1.807) is 6.33 Å². The molecule has 162 valence electrons. The summed E-state index contributed by atoms with van der Waals surface area (Å²) in [7, 11) is 0. The number of thiophene rings is 1. The summed E-state index contributed by atoms with van der Waals surface area (Å²) in [6, 6.07) is 30.7. The lowest BCUT2D eigenvalue weighted by Crippen LogP contribution is -2.36. The zero-order chi connectivity index (χ0) is 22.8. The second-order valence-electron chi connectivity index (χ2n) is 7.53. The Hall–Kier alpha value is -3.35. The Kier molecular flexibility index (Phi) is 5.79. The van der Waals surface area contributed by atoms with Crippen LogP contribution < -0.4 is 0 Å². The van der Waals surface area contributed by atoms with E-state index >= 15 is 0 Å². The fourth-order valence-electron chi connectivity index (χ4n) is 4.30. The van der Waals surface area contributed by atoms with Crippen molar-refractivity contribution in [2.24, 2.45) is 0 Å². The van der Waals surface area contributed by atoms with Crippen molar-refractivity contribution in [2.75, 3.05) is 0 Å². The monoisotopic (exact) mass is 516 g/mol. The number of carbonyl (C=O) groups is 1. The SMILES string of the molecule is O=Cc1c(-c2cn(C(c3ccccc3)(c3ccccc3)c3ccccc3)cn2)sc(F)c1Br. The van der Waals surface area contributed by atoms with Gasteiger partial charge >= 0.3 is 0 Å². The van der Waals surface area contributed by atoms with Crippen molar-refractivity contribution in [3.63, 3.8) is 0 Å². The second kappa shape index (κ2) is 8.89. The Labute approximate surface area is 203 Å². The minimum atomic E-state index is -0.719. The number of rotatable bonds is 6. The number of aromatic nitrogens is 2. The fraction of sp³-hybridized carbons (Fsp3) is 0.0370. The standard InChI is InChI=1S/C27H18BrFN2OS/c28-24-22(17-32)25(33-26(24)29)23-16-31(18-30-23)27(19-10-4-1-5-11-19,20-12-6-2-7-13-20)21-14-8-3-9-15-21/h1-18H. The number of hydrogen-bond acceptors (Lipinski definition) is 3. The van der Waals surface area contributed by atoms with Crippen LogP contribution in [0.25, 0.3) is 10.6 Å². The first-order chi connectivity index (χ1) is 16.2. The Morgan fingerprint density at radius 3 is 1.79 bits per heavy atom. The fourth-order valence-corrected chi connectivity index (χ4v) is 5.81. The third-order valence-electron chi connectivity index (χ3n) is 5.74. The van der Waals surface area contributed by atoms with Gasteiger partial charge in [0.15, 0.2) is 11.4 Å². The lowest BCUT2D eigenvalue weighted by Gasteiger charge is -2.37. The van der Waals surface area contributed by atoms with Gasteiger partial charge in [0, 0.05) is 6.20 Å². The van der Waals surface area contributed by atoms with Crippen molar-refractivity contribution in [3.8, 4) is 10.6 Å². The highest BCUT2D eigenvalue weighted by Crippen LogP contribution is 2.43. The molecular weight excluding hydrogens is 499 g/mol. The van der Waals surface area contributed by atoms with E-state index in [0.717, 1.165) is 28.0 Å². The van der Waals surface area contributed by atoms with Crippen LogP contribution in [-0.4, -0.2) is 15.8 Å². The van der Waals surface area contributed by atoms with Crippen LogP contribution in [0.5, 0.6) is 0 Å². The van der Waals surface area contributed by atoms with Crippen molar-refractivity contribution in [1.29, 1.82) is 0 Å². The summed E-state index contributed by atoms with van der Waals surface area (Å²) >= 11 is 4.09. The van der Waals surface area contributed by atoms with E-state index in [1.807, 2.05) is 65.4 Å². The summed E-state index contributed by atoms with van der Waals surface area (Å²) in [4.78, 5) is 16.8. The molecule has 0 aliphatic rings. The molecule has 2 aromatic heterocycles. The molecule has 6 heteroatoms. The molecule has 0 unspecified atom stereocenters. The van der Waals surface area contributed by atoms with Crippen molar-refractivity contribution in [3.05, 3.63) is 135 Å². The summed E-state index contributed by atoms with van der Waals surface area (Å²) in [6.07, 6.45) is 4.30. The number of halogens is 2. The number of imidazole rings is 1. The lowest BCUT2D eigenvalue weighted by atomic mass is 9.77. The Morgan fingerprint density at radius 2 is 1.33 bits per heavy atom. The van der Waals surface area contributed by atoms with Gasteiger partial charge in [-0.05, 0) is 32.6 Å². The zero-order valence-corrected chi connectivity index (χ0v) is 19.8. The predicted molar refractivity (Wildman–Crippen MR) is 133 cm³/mol. The van der Waals surface area contributed by atoms with Crippen molar-refractivity contribution in [2.45, 2.75) is 5.54 Å². The largest absolute Gasteiger partial charge is 0.318 e. The summed E-state index contributed by atoms with van der Waals surface area (Å²) in [6.45, 7) is 0. The topological polar surface area (TPSA) is 34.9 Å². The van der Waals surface area contributed by atoms with E-state index in [9.17, 15) is 9.18 Å².